The topological polar surface area (TPSA) is 72.3 Å². The Labute approximate surface area is 125 Å². The third-order valence-corrected chi connectivity index (χ3v) is 3.89. The molecule has 0 radical (unpaired) electrons. The zero-order valence-electron chi connectivity index (χ0n) is 13.3. The Hall–Kier alpha value is -1.47. The highest BCUT2D eigenvalue weighted by molar-refractivity contribution is 5.80. The van der Waals surface area contributed by atoms with Crippen LogP contribution in [0.25, 0.3) is 0 Å². The maximum Gasteiger partial charge on any atom is 0.325 e. The normalized spacial score (nSPS) is 18.3. The zero-order valence-corrected chi connectivity index (χ0v) is 13.3. The summed E-state index contributed by atoms with van der Waals surface area (Å²) in [7, 11) is 1.44. The lowest BCUT2D eigenvalue weighted by molar-refractivity contribution is -0.148. The molecule has 1 aromatic heterocycles. The van der Waals surface area contributed by atoms with Crippen molar-refractivity contribution in [1.29, 1.82) is 0 Å². The molecule has 0 aliphatic carbocycles. The summed E-state index contributed by atoms with van der Waals surface area (Å²) in [4.78, 5) is 14.4. The summed E-state index contributed by atoms with van der Waals surface area (Å²) in [6.45, 7) is 9.41. The summed E-state index contributed by atoms with van der Waals surface area (Å²) in [5.74, 6) is 0.772. The van der Waals surface area contributed by atoms with Crippen LogP contribution in [0.1, 0.15) is 33.0 Å². The van der Waals surface area contributed by atoms with Gasteiger partial charge < -0.3 is 9.30 Å². The molecule has 1 aliphatic rings. The molecule has 0 spiro atoms. The largest absolute Gasteiger partial charge is 0.468 e. The van der Waals surface area contributed by atoms with Gasteiger partial charge in [-0.3, -0.25) is 15.0 Å². The van der Waals surface area contributed by atoms with E-state index in [2.05, 4.69) is 25.0 Å². The van der Waals surface area contributed by atoms with E-state index in [4.69, 9.17) is 4.74 Å². The highest BCUT2D eigenvalue weighted by Gasteiger charge is 2.35. The fourth-order valence-corrected chi connectivity index (χ4v) is 2.78. The fraction of sp³-hybridized carbons (Fsp3) is 0.786. The van der Waals surface area contributed by atoms with Gasteiger partial charge in [-0.25, -0.2) is 0 Å². The summed E-state index contributed by atoms with van der Waals surface area (Å²) < 4.78 is 7.03. The molecule has 118 valence electrons. The molecule has 0 saturated carbocycles. The minimum Gasteiger partial charge on any atom is -0.468 e. The molecule has 7 heteroatoms. The number of nitrogens with zero attached hydrogens (tertiary/aromatic N) is 4. The first kappa shape index (κ1) is 15.9. The van der Waals surface area contributed by atoms with Crippen LogP contribution in [0.15, 0.2) is 6.33 Å². The van der Waals surface area contributed by atoms with Crippen LogP contribution in [0, 0.1) is 0 Å². The molecule has 21 heavy (non-hydrogen) atoms. The first-order chi connectivity index (χ1) is 9.94. The van der Waals surface area contributed by atoms with Crippen molar-refractivity contribution in [3.05, 3.63) is 12.2 Å². The molecule has 1 unspecified atom stereocenters. The van der Waals surface area contributed by atoms with Gasteiger partial charge >= 0.3 is 5.97 Å². The van der Waals surface area contributed by atoms with Gasteiger partial charge in [0.05, 0.1) is 13.7 Å². The Kier molecular flexibility index (Phi) is 4.95. The van der Waals surface area contributed by atoms with Gasteiger partial charge in [-0.05, 0) is 27.2 Å². The van der Waals surface area contributed by atoms with E-state index in [9.17, 15) is 4.79 Å². The van der Waals surface area contributed by atoms with Gasteiger partial charge in [0.1, 0.15) is 17.7 Å². The van der Waals surface area contributed by atoms with Gasteiger partial charge in [-0.15, -0.1) is 10.2 Å². The molecule has 1 aliphatic heterocycles. The summed E-state index contributed by atoms with van der Waals surface area (Å²) in [6, 6.07) is 0.221. The van der Waals surface area contributed by atoms with Crippen LogP contribution in [0.3, 0.4) is 0 Å². The molecule has 0 saturated heterocycles. The number of carbonyl (C=O) groups is 1. The number of ether oxygens (including phenoxy) is 1. The number of esters is 1. The van der Waals surface area contributed by atoms with Gasteiger partial charge in [-0.1, -0.05) is 0 Å². The highest BCUT2D eigenvalue weighted by atomic mass is 16.5. The van der Waals surface area contributed by atoms with Crippen LogP contribution in [-0.2, 0) is 22.6 Å². The molecule has 0 aromatic carbocycles. The van der Waals surface area contributed by atoms with Crippen molar-refractivity contribution in [2.45, 2.75) is 51.9 Å². The summed E-state index contributed by atoms with van der Waals surface area (Å²) in [5.41, 5.74) is -0.659. The minimum absolute atomic E-state index is 0.212. The Bertz CT molecular complexity index is 487. The lowest BCUT2D eigenvalue weighted by Crippen LogP contribution is -2.54. The predicted molar refractivity (Wildman–Crippen MR) is 78.6 cm³/mol. The predicted octanol–water partition coefficient (Wildman–Crippen LogP) is 0.414. The van der Waals surface area contributed by atoms with Gasteiger partial charge in [0.15, 0.2) is 0 Å². The average molecular weight is 295 g/mol. The van der Waals surface area contributed by atoms with Crippen LogP contribution in [-0.4, -0.2) is 57.4 Å². The summed E-state index contributed by atoms with van der Waals surface area (Å²) >= 11 is 0. The first-order valence-corrected chi connectivity index (χ1v) is 7.40. The maximum absolute atomic E-state index is 12.1. The monoisotopic (exact) mass is 295 g/mol. The molecular weight excluding hydrogens is 270 g/mol. The van der Waals surface area contributed by atoms with E-state index in [0.717, 1.165) is 32.0 Å². The number of fused-ring (bicyclic) bond motifs is 1. The molecule has 0 fully saturated rings. The van der Waals surface area contributed by atoms with Crippen LogP contribution in [0.2, 0.25) is 0 Å². The number of methoxy groups -OCH3 is 1. The number of nitrogens with one attached hydrogen (secondary N) is 1. The molecule has 2 heterocycles. The van der Waals surface area contributed by atoms with Crippen molar-refractivity contribution in [3.8, 4) is 0 Å². The second-order valence-electron chi connectivity index (χ2n) is 6.09. The zero-order chi connectivity index (χ0) is 15.5. The van der Waals surface area contributed by atoms with Gasteiger partial charge in [0.25, 0.3) is 0 Å². The molecule has 2 rings (SSSR count). The SMILES string of the molecule is COC(=O)C(C)(CCN1CCn2cnnc2C1)NC(C)C. The van der Waals surface area contributed by atoms with Gasteiger partial charge in [0.2, 0.25) is 0 Å². The fourth-order valence-electron chi connectivity index (χ4n) is 2.78. The van der Waals surface area contributed by atoms with Crippen LogP contribution >= 0.6 is 0 Å². The molecule has 7 nitrogen and oxygen atoms in total. The Balaban J connectivity index is 1.94. The third kappa shape index (κ3) is 3.79. The molecule has 1 N–H and O–H groups in total. The van der Waals surface area contributed by atoms with Crippen LogP contribution in [0.4, 0.5) is 0 Å². The average Bonchev–Trinajstić information content (AvgIpc) is 2.91. The molecular formula is C14H25N5O2. The number of hydrogen-bond donors (Lipinski definition) is 1. The molecule has 0 amide bonds. The Morgan fingerprint density at radius 1 is 1.52 bits per heavy atom. The van der Waals surface area contributed by atoms with E-state index in [1.807, 2.05) is 20.8 Å². The second kappa shape index (κ2) is 6.53. The molecule has 1 aromatic rings. The number of hydrogen-bond acceptors (Lipinski definition) is 6. The number of rotatable bonds is 6. The summed E-state index contributed by atoms with van der Waals surface area (Å²) in [6.07, 6.45) is 2.47. The van der Waals surface area contributed by atoms with E-state index >= 15 is 0 Å². The van der Waals surface area contributed by atoms with E-state index in [-0.39, 0.29) is 12.0 Å². The first-order valence-electron chi connectivity index (χ1n) is 7.40. The number of aromatic nitrogens is 3. The third-order valence-electron chi connectivity index (χ3n) is 3.89. The van der Waals surface area contributed by atoms with Crippen molar-refractivity contribution in [3.63, 3.8) is 0 Å². The van der Waals surface area contributed by atoms with Gasteiger partial charge in [-0.2, -0.15) is 0 Å². The van der Waals surface area contributed by atoms with Crippen molar-refractivity contribution in [2.24, 2.45) is 0 Å². The smallest absolute Gasteiger partial charge is 0.325 e. The van der Waals surface area contributed by atoms with Crippen molar-refractivity contribution >= 4 is 5.97 Å². The summed E-state index contributed by atoms with van der Waals surface area (Å²) in [5, 5.41) is 11.4. The van der Waals surface area contributed by atoms with Gasteiger partial charge in [0, 0.05) is 25.7 Å². The molecule has 0 bridgehead atoms. The lowest BCUT2D eigenvalue weighted by Gasteiger charge is -2.34. The van der Waals surface area contributed by atoms with E-state index in [0.29, 0.717) is 6.42 Å². The van der Waals surface area contributed by atoms with E-state index in [1.165, 1.54) is 7.11 Å². The van der Waals surface area contributed by atoms with Crippen LogP contribution in [0.5, 0.6) is 0 Å². The standard InChI is InChI=1S/C14H25N5O2/c1-11(2)16-14(3,13(20)21-4)5-6-18-7-8-19-10-15-17-12(19)9-18/h10-11,16H,5-9H2,1-4H3. The van der Waals surface area contributed by atoms with E-state index < -0.39 is 5.54 Å². The van der Waals surface area contributed by atoms with Crippen molar-refractivity contribution < 1.29 is 9.53 Å². The van der Waals surface area contributed by atoms with Crippen molar-refractivity contribution in [2.75, 3.05) is 20.2 Å². The Morgan fingerprint density at radius 2 is 2.29 bits per heavy atom. The van der Waals surface area contributed by atoms with Crippen LogP contribution < -0.4 is 5.32 Å². The highest BCUT2D eigenvalue weighted by Crippen LogP contribution is 2.17. The Morgan fingerprint density at radius 3 is 2.95 bits per heavy atom. The minimum atomic E-state index is -0.659. The van der Waals surface area contributed by atoms with E-state index in [1.54, 1.807) is 6.33 Å². The van der Waals surface area contributed by atoms with Crippen molar-refractivity contribution in [1.82, 2.24) is 25.0 Å². The number of carbonyl (C=O) groups excluding carboxylic acids is 1. The lowest BCUT2D eigenvalue weighted by atomic mass is 9.96. The quantitative estimate of drug-likeness (QED) is 0.767. The second-order valence-corrected chi connectivity index (χ2v) is 6.09. The molecule has 1 atom stereocenters. The maximum atomic E-state index is 12.1.